The number of aliphatic carboxylic acids is 1. The molecule has 0 bridgehead atoms. The molecule has 21 heavy (non-hydrogen) atoms. The van der Waals surface area contributed by atoms with Crippen LogP contribution >= 0.6 is 0 Å². The number of fused-ring (bicyclic) bond motifs is 1. The first-order chi connectivity index (χ1) is 10.1. The molecule has 0 saturated heterocycles. The van der Waals surface area contributed by atoms with Crippen LogP contribution in [0.2, 0.25) is 0 Å². The van der Waals surface area contributed by atoms with Crippen molar-refractivity contribution in [3.05, 3.63) is 76.4 Å². The molecule has 0 radical (unpaired) electrons. The fourth-order valence-electron chi connectivity index (χ4n) is 2.60. The van der Waals surface area contributed by atoms with Crippen LogP contribution < -0.4 is 0 Å². The number of hydrogen-bond acceptors (Lipinski definition) is 2. The summed E-state index contributed by atoms with van der Waals surface area (Å²) in [4.78, 5) is 23.2. The van der Waals surface area contributed by atoms with Gasteiger partial charge in [0.05, 0.1) is 6.42 Å². The monoisotopic (exact) mass is 278 g/mol. The van der Waals surface area contributed by atoms with Gasteiger partial charge >= 0.3 is 5.97 Å². The lowest BCUT2D eigenvalue weighted by Gasteiger charge is -2.00. The lowest BCUT2D eigenvalue weighted by molar-refractivity contribution is -0.136. The van der Waals surface area contributed by atoms with E-state index in [1.165, 1.54) is 0 Å². The predicted molar refractivity (Wildman–Crippen MR) is 80.2 cm³/mol. The average molecular weight is 278 g/mol. The van der Waals surface area contributed by atoms with Gasteiger partial charge in [0.15, 0.2) is 5.78 Å². The first-order valence-corrected chi connectivity index (χ1v) is 6.77. The smallest absolute Gasteiger partial charge is 0.307 e. The van der Waals surface area contributed by atoms with Gasteiger partial charge in [-0.25, -0.2) is 0 Å². The van der Waals surface area contributed by atoms with Crippen LogP contribution in [0.15, 0.2) is 54.1 Å². The highest BCUT2D eigenvalue weighted by atomic mass is 16.4. The Labute approximate surface area is 122 Å². The molecule has 2 aromatic carbocycles. The first kappa shape index (κ1) is 13.3. The third-order valence-corrected chi connectivity index (χ3v) is 3.59. The van der Waals surface area contributed by atoms with Crippen molar-refractivity contribution < 1.29 is 14.7 Å². The Kier molecular flexibility index (Phi) is 3.40. The lowest BCUT2D eigenvalue weighted by atomic mass is 10.0. The van der Waals surface area contributed by atoms with E-state index in [-0.39, 0.29) is 12.2 Å². The number of carbonyl (C=O) groups excluding carboxylic acids is 1. The number of hydrogen-bond donors (Lipinski definition) is 1. The standard InChI is InChI=1S/C18H14O3/c19-17(20)10-13-6-7-14-11-15(18(21)16(14)9-13)8-12-4-2-1-3-5-12/h1-9H,10-11H2,(H,19,20)/b15-8-. The van der Waals surface area contributed by atoms with Crippen LogP contribution in [-0.4, -0.2) is 16.9 Å². The Morgan fingerprint density at radius 2 is 1.90 bits per heavy atom. The Morgan fingerprint density at radius 3 is 2.62 bits per heavy atom. The summed E-state index contributed by atoms with van der Waals surface area (Å²) in [5.74, 6) is -0.887. The Hall–Kier alpha value is -2.68. The van der Waals surface area contributed by atoms with E-state index in [9.17, 15) is 9.59 Å². The maximum Gasteiger partial charge on any atom is 0.307 e. The van der Waals surface area contributed by atoms with Crippen molar-refractivity contribution in [2.45, 2.75) is 12.8 Å². The highest BCUT2D eigenvalue weighted by molar-refractivity contribution is 6.15. The molecular formula is C18H14O3. The maximum atomic E-state index is 12.4. The molecule has 0 heterocycles. The lowest BCUT2D eigenvalue weighted by Crippen LogP contribution is -2.02. The third-order valence-electron chi connectivity index (χ3n) is 3.59. The molecule has 0 unspecified atom stereocenters. The zero-order valence-electron chi connectivity index (χ0n) is 11.4. The Morgan fingerprint density at radius 1 is 1.14 bits per heavy atom. The first-order valence-electron chi connectivity index (χ1n) is 6.77. The van der Waals surface area contributed by atoms with Crippen LogP contribution in [0, 0.1) is 0 Å². The molecule has 0 aromatic heterocycles. The summed E-state index contributed by atoms with van der Waals surface area (Å²) >= 11 is 0. The average Bonchev–Trinajstić information content (AvgIpc) is 2.76. The molecular weight excluding hydrogens is 264 g/mol. The Balaban J connectivity index is 1.92. The van der Waals surface area contributed by atoms with E-state index in [0.29, 0.717) is 17.5 Å². The second kappa shape index (κ2) is 5.37. The van der Waals surface area contributed by atoms with Crippen LogP contribution in [0.3, 0.4) is 0 Å². The summed E-state index contributed by atoms with van der Waals surface area (Å²) in [5.41, 5.74) is 4.02. The molecule has 1 aliphatic rings. The minimum atomic E-state index is -0.888. The van der Waals surface area contributed by atoms with Gasteiger partial charge in [0, 0.05) is 17.6 Å². The van der Waals surface area contributed by atoms with E-state index in [4.69, 9.17) is 5.11 Å². The zero-order chi connectivity index (χ0) is 14.8. The predicted octanol–water partition coefficient (Wildman–Crippen LogP) is 3.14. The summed E-state index contributed by atoms with van der Waals surface area (Å²) in [6.07, 6.45) is 2.45. The topological polar surface area (TPSA) is 54.4 Å². The molecule has 0 atom stereocenters. The third kappa shape index (κ3) is 2.77. The van der Waals surface area contributed by atoms with E-state index >= 15 is 0 Å². The van der Waals surface area contributed by atoms with Gasteiger partial charge < -0.3 is 5.11 Å². The highest BCUT2D eigenvalue weighted by Gasteiger charge is 2.25. The van der Waals surface area contributed by atoms with E-state index in [0.717, 1.165) is 16.7 Å². The number of carboxylic acid groups (broad SMARTS) is 1. The number of rotatable bonds is 3. The molecule has 3 nitrogen and oxygen atoms in total. The van der Waals surface area contributed by atoms with Gasteiger partial charge in [-0.2, -0.15) is 0 Å². The molecule has 0 spiro atoms. The van der Waals surface area contributed by atoms with Crippen LogP contribution in [0.5, 0.6) is 0 Å². The summed E-state index contributed by atoms with van der Waals surface area (Å²) in [7, 11) is 0. The van der Waals surface area contributed by atoms with Gasteiger partial charge in [-0.05, 0) is 28.8 Å². The molecule has 0 fully saturated rings. The summed E-state index contributed by atoms with van der Waals surface area (Å²) in [6, 6.07) is 15.1. The molecule has 3 rings (SSSR count). The van der Waals surface area contributed by atoms with Crippen molar-refractivity contribution in [3.63, 3.8) is 0 Å². The SMILES string of the molecule is O=C(O)Cc1ccc2c(c1)C(=O)/C(=C\c1ccccc1)C2. The molecule has 0 amide bonds. The summed E-state index contributed by atoms with van der Waals surface area (Å²) < 4.78 is 0. The van der Waals surface area contributed by atoms with Crippen molar-refractivity contribution in [1.29, 1.82) is 0 Å². The summed E-state index contributed by atoms with van der Waals surface area (Å²) in [5, 5.41) is 8.83. The summed E-state index contributed by atoms with van der Waals surface area (Å²) in [6.45, 7) is 0. The molecule has 0 saturated carbocycles. The number of Topliss-reactive ketones (excluding diaryl/α,β-unsaturated/α-hetero) is 1. The minimum Gasteiger partial charge on any atom is -0.481 e. The van der Waals surface area contributed by atoms with E-state index in [2.05, 4.69) is 0 Å². The number of carboxylic acids is 1. The molecule has 0 aliphatic heterocycles. The fraction of sp³-hybridized carbons (Fsp3) is 0.111. The number of benzene rings is 2. The Bertz CT molecular complexity index is 742. The van der Waals surface area contributed by atoms with Gasteiger partial charge in [0.25, 0.3) is 0 Å². The van der Waals surface area contributed by atoms with E-state index < -0.39 is 5.97 Å². The van der Waals surface area contributed by atoms with E-state index in [1.54, 1.807) is 12.1 Å². The van der Waals surface area contributed by atoms with Crippen LogP contribution in [0.25, 0.3) is 6.08 Å². The van der Waals surface area contributed by atoms with Crippen molar-refractivity contribution in [2.75, 3.05) is 0 Å². The van der Waals surface area contributed by atoms with Crippen LogP contribution in [0.4, 0.5) is 0 Å². The minimum absolute atomic E-state index is 0.00101. The van der Waals surface area contributed by atoms with Crippen LogP contribution in [0.1, 0.15) is 27.0 Å². The highest BCUT2D eigenvalue weighted by Crippen LogP contribution is 2.28. The number of carbonyl (C=O) groups is 2. The molecule has 2 aromatic rings. The second-order valence-electron chi connectivity index (χ2n) is 5.15. The maximum absolute atomic E-state index is 12.4. The van der Waals surface area contributed by atoms with Gasteiger partial charge in [0.2, 0.25) is 0 Å². The van der Waals surface area contributed by atoms with Crippen molar-refractivity contribution >= 4 is 17.8 Å². The van der Waals surface area contributed by atoms with Gasteiger partial charge in [-0.3, -0.25) is 9.59 Å². The number of allylic oxidation sites excluding steroid dienone is 1. The van der Waals surface area contributed by atoms with E-state index in [1.807, 2.05) is 42.5 Å². The van der Waals surface area contributed by atoms with Crippen molar-refractivity contribution in [3.8, 4) is 0 Å². The quantitative estimate of drug-likeness (QED) is 0.877. The molecule has 1 N–H and O–H groups in total. The van der Waals surface area contributed by atoms with Gasteiger partial charge in [-0.15, -0.1) is 0 Å². The fourth-order valence-corrected chi connectivity index (χ4v) is 2.60. The normalized spacial score (nSPS) is 15.2. The zero-order valence-corrected chi connectivity index (χ0v) is 11.4. The molecule has 104 valence electrons. The van der Waals surface area contributed by atoms with Crippen molar-refractivity contribution in [1.82, 2.24) is 0 Å². The second-order valence-corrected chi connectivity index (χ2v) is 5.15. The van der Waals surface area contributed by atoms with Crippen LogP contribution in [-0.2, 0) is 17.6 Å². The van der Waals surface area contributed by atoms with Gasteiger partial charge in [-0.1, -0.05) is 42.5 Å². The number of ketones is 1. The van der Waals surface area contributed by atoms with Gasteiger partial charge in [0.1, 0.15) is 0 Å². The van der Waals surface area contributed by atoms with Crippen molar-refractivity contribution in [2.24, 2.45) is 0 Å². The molecule has 3 heteroatoms. The molecule has 1 aliphatic carbocycles. The largest absolute Gasteiger partial charge is 0.481 e.